The van der Waals surface area contributed by atoms with E-state index < -0.39 is 29.5 Å². The van der Waals surface area contributed by atoms with E-state index in [0.717, 1.165) is 11.3 Å². The Hall–Kier alpha value is -4.04. The highest BCUT2D eigenvalue weighted by molar-refractivity contribution is 7.14. The number of amides is 2. The largest absolute Gasteiger partial charge is 0.481 e. The topological polar surface area (TPSA) is 122 Å². The van der Waals surface area contributed by atoms with Gasteiger partial charge in [-0.05, 0) is 67.5 Å². The van der Waals surface area contributed by atoms with Crippen molar-refractivity contribution in [2.24, 2.45) is 11.8 Å². The first-order valence-corrected chi connectivity index (χ1v) is 15.0. The Labute approximate surface area is 255 Å². The SMILES string of the molecule is CN(C(=O)C(CC(=O)O)CC1CCOCC1)c1nc(-c2cc(OC(F)F)ccc2-c2ccc(N3CCCC3=O)nc2)c(F)s1. The van der Waals surface area contributed by atoms with E-state index in [1.807, 2.05) is 0 Å². The maximum atomic E-state index is 15.6. The van der Waals surface area contributed by atoms with Crippen LogP contribution in [0, 0.1) is 17.0 Å². The summed E-state index contributed by atoms with van der Waals surface area (Å²) in [5.74, 6) is -2.14. The van der Waals surface area contributed by atoms with Crippen molar-refractivity contribution in [3.8, 4) is 28.1 Å². The van der Waals surface area contributed by atoms with Gasteiger partial charge in [0.25, 0.3) is 0 Å². The predicted octanol–water partition coefficient (Wildman–Crippen LogP) is 5.61. The standard InChI is InChI=1S/C30H31F3N4O6S/c1-36(28(41)19(14-25(39)40)13-17-8-11-42-12-9-17)30-35-26(27(31)44-30)22-15-20(43-29(32)33)5-6-21(22)18-4-7-23(34-16-18)37-10-2-3-24(37)38/h4-7,15-17,19,29H,2-3,8-14H2,1H3,(H,39,40). The minimum Gasteiger partial charge on any atom is -0.481 e. The van der Waals surface area contributed by atoms with Crippen LogP contribution in [-0.2, 0) is 19.1 Å². The molecule has 4 heterocycles. The van der Waals surface area contributed by atoms with Gasteiger partial charge in [0, 0.05) is 56.5 Å². The molecule has 2 saturated heterocycles. The van der Waals surface area contributed by atoms with E-state index >= 15 is 4.39 Å². The number of halogens is 3. The zero-order chi connectivity index (χ0) is 31.4. The van der Waals surface area contributed by atoms with E-state index in [9.17, 15) is 28.3 Å². The van der Waals surface area contributed by atoms with Gasteiger partial charge in [-0.1, -0.05) is 11.3 Å². The summed E-state index contributed by atoms with van der Waals surface area (Å²) in [6, 6.07) is 7.38. The molecule has 10 nitrogen and oxygen atoms in total. The summed E-state index contributed by atoms with van der Waals surface area (Å²) in [7, 11) is 1.41. The molecule has 2 amide bonds. The minimum atomic E-state index is -3.12. The molecule has 14 heteroatoms. The van der Waals surface area contributed by atoms with Crippen molar-refractivity contribution in [2.45, 2.75) is 45.1 Å². The van der Waals surface area contributed by atoms with Crippen LogP contribution in [0.4, 0.5) is 24.1 Å². The zero-order valence-corrected chi connectivity index (χ0v) is 24.7. The van der Waals surface area contributed by atoms with Crippen molar-refractivity contribution in [3.63, 3.8) is 0 Å². The van der Waals surface area contributed by atoms with Gasteiger partial charge in [0.2, 0.25) is 16.9 Å². The summed E-state index contributed by atoms with van der Waals surface area (Å²) in [6.07, 6.45) is 4.07. The van der Waals surface area contributed by atoms with Crippen LogP contribution in [0.1, 0.15) is 38.5 Å². The van der Waals surface area contributed by atoms with Gasteiger partial charge in [-0.25, -0.2) is 9.97 Å². The number of pyridine rings is 1. The third-order valence-corrected chi connectivity index (χ3v) is 8.72. The van der Waals surface area contributed by atoms with Crippen LogP contribution in [-0.4, -0.2) is 66.3 Å². The molecule has 234 valence electrons. The number of anilines is 2. The summed E-state index contributed by atoms with van der Waals surface area (Å²) in [5.41, 5.74) is 0.847. The molecule has 2 aliphatic rings. The van der Waals surface area contributed by atoms with Gasteiger partial charge in [0.15, 0.2) is 5.13 Å². The van der Waals surface area contributed by atoms with Gasteiger partial charge in [0.1, 0.15) is 17.3 Å². The second-order valence-electron chi connectivity index (χ2n) is 10.7. The zero-order valence-electron chi connectivity index (χ0n) is 23.9. The molecule has 2 aromatic heterocycles. The molecule has 1 unspecified atom stereocenters. The lowest BCUT2D eigenvalue weighted by molar-refractivity contribution is -0.141. The maximum absolute atomic E-state index is 15.6. The molecular formula is C30H31F3N4O6S. The third-order valence-electron chi connectivity index (χ3n) is 7.80. The van der Waals surface area contributed by atoms with Crippen molar-refractivity contribution < 1.29 is 42.1 Å². The van der Waals surface area contributed by atoms with Crippen molar-refractivity contribution in [1.82, 2.24) is 9.97 Å². The van der Waals surface area contributed by atoms with Crippen LogP contribution < -0.4 is 14.5 Å². The predicted molar refractivity (Wildman–Crippen MR) is 156 cm³/mol. The number of thiazole rings is 1. The Balaban J connectivity index is 1.46. The Morgan fingerprint density at radius 3 is 2.61 bits per heavy atom. The third kappa shape index (κ3) is 7.18. The number of hydrogen-bond acceptors (Lipinski definition) is 8. The number of carbonyl (C=O) groups excluding carboxylic acids is 2. The molecule has 0 saturated carbocycles. The lowest BCUT2D eigenvalue weighted by Crippen LogP contribution is -2.35. The quantitative estimate of drug-likeness (QED) is 0.290. The molecule has 2 aliphatic heterocycles. The average molecular weight is 633 g/mol. The number of hydrogen-bond donors (Lipinski definition) is 1. The van der Waals surface area contributed by atoms with E-state index in [4.69, 9.17) is 4.74 Å². The normalized spacial score (nSPS) is 16.4. The molecule has 0 radical (unpaired) electrons. The fourth-order valence-electron chi connectivity index (χ4n) is 5.58. The van der Waals surface area contributed by atoms with Crippen LogP contribution in [0.25, 0.3) is 22.4 Å². The number of aliphatic carboxylic acids is 1. The summed E-state index contributed by atoms with van der Waals surface area (Å²) < 4.78 is 51.6. The number of benzene rings is 1. The highest BCUT2D eigenvalue weighted by Gasteiger charge is 2.31. The average Bonchev–Trinajstić information content (AvgIpc) is 3.61. The number of alkyl halides is 2. The van der Waals surface area contributed by atoms with Gasteiger partial charge in [0.05, 0.1) is 6.42 Å². The van der Waals surface area contributed by atoms with Gasteiger partial charge in [-0.15, -0.1) is 0 Å². The lowest BCUT2D eigenvalue weighted by Gasteiger charge is -2.27. The Bertz CT molecular complexity index is 1510. The first-order valence-electron chi connectivity index (χ1n) is 14.2. The second-order valence-corrected chi connectivity index (χ2v) is 11.7. The summed E-state index contributed by atoms with van der Waals surface area (Å²) in [6.45, 7) is -1.48. The molecule has 1 aromatic carbocycles. The Morgan fingerprint density at radius 1 is 1.20 bits per heavy atom. The lowest BCUT2D eigenvalue weighted by atomic mass is 9.86. The van der Waals surface area contributed by atoms with E-state index in [2.05, 4.69) is 14.7 Å². The molecule has 5 rings (SSSR count). The van der Waals surface area contributed by atoms with E-state index in [1.54, 1.807) is 17.0 Å². The van der Waals surface area contributed by atoms with Gasteiger partial charge in [-0.3, -0.25) is 24.2 Å². The monoisotopic (exact) mass is 632 g/mol. The number of carboxylic acid groups (broad SMARTS) is 1. The molecule has 3 aromatic rings. The van der Waals surface area contributed by atoms with E-state index in [0.29, 0.717) is 73.7 Å². The molecule has 0 aliphatic carbocycles. The molecule has 0 bridgehead atoms. The van der Waals surface area contributed by atoms with Crippen molar-refractivity contribution in [3.05, 3.63) is 41.7 Å². The fraction of sp³-hybridized carbons (Fsp3) is 0.433. The van der Waals surface area contributed by atoms with Gasteiger partial charge < -0.3 is 14.6 Å². The highest BCUT2D eigenvalue weighted by Crippen LogP contribution is 2.40. The summed E-state index contributed by atoms with van der Waals surface area (Å²) in [4.78, 5) is 48.7. The van der Waals surface area contributed by atoms with Crippen LogP contribution in [0.2, 0.25) is 0 Å². The summed E-state index contributed by atoms with van der Waals surface area (Å²) >= 11 is 0.582. The van der Waals surface area contributed by atoms with Crippen molar-refractivity contribution >= 4 is 40.1 Å². The number of carboxylic acids is 1. The first kappa shape index (κ1) is 31.4. The Morgan fingerprint density at radius 2 is 1.98 bits per heavy atom. The fourth-order valence-corrected chi connectivity index (χ4v) is 6.35. The van der Waals surface area contributed by atoms with E-state index in [1.165, 1.54) is 31.4 Å². The number of ether oxygens (including phenoxy) is 2. The number of carbonyl (C=O) groups is 3. The second kappa shape index (κ2) is 13.7. The molecule has 1 atom stereocenters. The number of rotatable bonds is 11. The molecule has 0 spiro atoms. The van der Waals surface area contributed by atoms with E-state index in [-0.39, 0.29) is 40.4 Å². The number of nitrogens with zero attached hydrogens (tertiary/aromatic N) is 4. The van der Waals surface area contributed by atoms with Crippen LogP contribution >= 0.6 is 11.3 Å². The molecular weight excluding hydrogens is 601 g/mol. The van der Waals surface area contributed by atoms with Crippen LogP contribution in [0.3, 0.4) is 0 Å². The summed E-state index contributed by atoms with van der Waals surface area (Å²) in [5, 5.41) is 8.68. The van der Waals surface area contributed by atoms with Crippen molar-refractivity contribution in [2.75, 3.05) is 36.6 Å². The smallest absolute Gasteiger partial charge is 0.387 e. The Kier molecular flexibility index (Phi) is 9.79. The highest BCUT2D eigenvalue weighted by atomic mass is 32.1. The number of aromatic nitrogens is 2. The molecule has 2 fully saturated rings. The maximum Gasteiger partial charge on any atom is 0.387 e. The van der Waals surface area contributed by atoms with Crippen LogP contribution in [0.15, 0.2) is 36.5 Å². The van der Waals surface area contributed by atoms with Gasteiger partial charge in [-0.2, -0.15) is 13.2 Å². The molecule has 44 heavy (non-hydrogen) atoms. The molecule has 1 N–H and O–H groups in total. The van der Waals surface area contributed by atoms with Gasteiger partial charge >= 0.3 is 12.6 Å². The van der Waals surface area contributed by atoms with Crippen LogP contribution in [0.5, 0.6) is 5.75 Å². The first-order chi connectivity index (χ1) is 21.1. The van der Waals surface area contributed by atoms with Crippen molar-refractivity contribution in [1.29, 1.82) is 0 Å². The minimum absolute atomic E-state index is 0.0167.